The molecule has 0 radical (unpaired) electrons. The average molecular weight is 759 g/mol. The molecule has 2 aromatic heterocycles. The first-order chi connectivity index (χ1) is 26.3. The van der Waals surface area contributed by atoms with Gasteiger partial charge in [0.2, 0.25) is 0 Å². The predicted molar refractivity (Wildman–Crippen MR) is 213 cm³/mol. The number of rotatable bonds is 10. The summed E-state index contributed by atoms with van der Waals surface area (Å²) in [5, 5.41) is 20.7. The molecular weight excluding hydrogens is 721 g/mol. The molecule has 54 heavy (non-hydrogen) atoms. The van der Waals surface area contributed by atoms with E-state index in [-0.39, 0.29) is 5.75 Å². The van der Waals surface area contributed by atoms with Gasteiger partial charge in [-0.05, 0) is 123 Å². The van der Waals surface area contributed by atoms with Crippen LogP contribution in [0.3, 0.4) is 0 Å². The zero-order valence-electron chi connectivity index (χ0n) is 29.8. The number of aryl methyl sites for hydroxylation is 3. The minimum atomic E-state index is 0.253. The highest BCUT2D eigenvalue weighted by Gasteiger charge is 2.21. The van der Waals surface area contributed by atoms with Gasteiger partial charge in [-0.2, -0.15) is 22.0 Å². The van der Waals surface area contributed by atoms with Gasteiger partial charge in [0.1, 0.15) is 5.75 Å². The van der Waals surface area contributed by atoms with E-state index in [1.807, 2.05) is 101 Å². The molecule has 5 aromatic carbocycles. The number of nitrogens with two attached hydrogens (primary N) is 2. The molecule has 0 bridgehead atoms. The predicted octanol–water partition coefficient (Wildman–Crippen LogP) is 9.34. The second kappa shape index (κ2) is 16.8. The number of allylic oxidation sites excluding steroid dienone is 1. The molecular formula is C41H38N6O5S2. The summed E-state index contributed by atoms with van der Waals surface area (Å²) in [6.07, 6.45) is 4.34. The normalized spacial score (nSPS) is 12.3. The summed E-state index contributed by atoms with van der Waals surface area (Å²) in [5.41, 5.74) is 13.1. The number of phenols is 1. The quantitative estimate of drug-likeness (QED) is 0.0697. The lowest BCUT2D eigenvalue weighted by Gasteiger charge is -2.17. The molecule has 5 N–H and O–H groups in total. The third-order valence-electron chi connectivity index (χ3n) is 9.25. The molecule has 0 spiro atoms. The van der Waals surface area contributed by atoms with Crippen LogP contribution in [0.5, 0.6) is 5.75 Å². The molecule has 0 unspecified atom stereocenters. The number of aromatic nitrogens is 4. The number of fused-ring (bicyclic) bond motifs is 2. The number of hydrogen-bond donors (Lipinski definition) is 3. The van der Waals surface area contributed by atoms with Crippen molar-refractivity contribution in [3.63, 3.8) is 0 Å². The van der Waals surface area contributed by atoms with Gasteiger partial charge in [0.25, 0.3) is 0 Å². The van der Waals surface area contributed by atoms with Crippen LogP contribution in [0.1, 0.15) is 40.2 Å². The van der Waals surface area contributed by atoms with Gasteiger partial charge in [0.05, 0.1) is 58.1 Å². The van der Waals surface area contributed by atoms with Crippen molar-refractivity contribution >= 4 is 46.6 Å². The highest BCUT2D eigenvalue weighted by Crippen LogP contribution is 2.35. The van der Waals surface area contributed by atoms with Crippen LogP contribution in [-0.2, 0) is 25.1 Å². The van der Waals surface area contributed by atoms with Crippen molar-refractivity contribution in [2.24, 2.45) is 11.8 Å². The maximum atomic E-state index is 10.2. The SMILES string of the molecule is Cc1ccccc1C1=Cc2c(c(C)nn2-c2ccc(SOON)cc2)CC1.Cc1nn(-c2ccc(SOON)cc2)c2cc(-c3ccccc3O)ccc12. The van der Waals surface area contributed by atoms with E-state index in [9.17, 15) is 5.11 Å². The van der Waals surface area contributed by atoms with E-state index in [0.717, 1.165) is 91.5 Å². The van der Waals surface area contributed by atoms with E-state index in [1.165, 1.54) is 28.0 Å². The fraction of sp³-hybridized carbons (Fsp3) is 0.122. The molecule has 0 fully saturated rings. The highest BCUT2D eigenvalue weighted by molar-refractivity contribution is 7.94. The minimum absolute atomic E-state index is 0.253. The van der Waals surface area contributed by atoms with Gasteiger partial charge in [-0.1, -0.05) is 54.6 Å². The molecule has 2 heterocycles. The summed E-state index contributed by atoms with van der Waals surface area (Å²) in [6, 6.07) is 37.6. The van der Waals surface area contributed by atoms with Crippen LogP contribution in [0.25, 0.3) is 45.1 Å². The van der Waals surface area contributed by atoms with Gasteiger partial charge in [-0.15, -0.1) is 18.6 Å². The van der Waals surface area contributed by atoms with Gasteiger partial charge in [0.15, 0.2) is 0 Å². The average Bonchev–Trinajstić information content (AvgIpc) is 3.72. The van der Waals surface area contributed by atoms with Crippen LogP contribution in [0.2, 0.25) is 0 Å². The summed E-state index contributed by atoms with van der Waals surface area (Å²) in [5.74, 6) is 10.00. The van der Waals surface area contributed by atoms with E-state index in [2.05, 4.69) is 63.6 Å². The molecule has 1 aliphatic carbocycles. The smallest absolute Gasteiger partial charge is 0.123 e. The lowest BCUT2D eigenvalue weighted by molar-refractivity contribution is -0.195. The number of phenolic OH excluding ortho intramolecular Hbond substituents is 1. The van der Waals surface area contributed by atoms with Crippen LogP contribution in [0, 0.1) is 20.8 Å². The molecule has 8 rings (SSSR count). The number of hydrogen-bond acceptors (Lipinski definition) is 11. The third-order valence-corrected chi connectivity index (χ3v) is 10.5. The molecule has 0 amide bonds. The molecule has 274 valence electrons. The highest BCUT2D eigenvalue weighted by atomic mass is 32.2. The molecule has 13 heteroatoms. The van der Waals surface area contributed by atoms with Crippen molar-refractivity contribution in [3.8, 4) is 28.3 Å². The Morgan fingerprint density at radius 1 is 0.648 bits per heavy atom. The van der Waals surface area contributed by atoms with E-state index in [4.69, 9.17) is 21.2 Å². The van der Waals surface area contributed by atoms with Crippen molar-refractivity contribution < 1.29 is 23.8 Å². The number of para-hydroxylation sites is 1. The van der Waals surface area contributed by atoms with E-state index in [0.29, 0.717) is 0 Å². The Morgan fingerprint density at radius 2 is 1.24 bits per heavy atom. The molecule has 11 nitrogen and oxygen atoms in total. The first kappa shape index (κ1) is 37.1. The standard InChI is InChI=1S/C21H21N3O2S.C20H17N3O3S/c1-14-5-3-4-6-19(14)16-7-12-20-15(2)23-24(21(20)13-16)17-8-10-18(11-9-17)27-26-25-22;1-13-17-11-6-14(18-4-2-3-5-20(18)24)12-19(17)23(22-13)15-7-9-16(10-8-15)27-26-25-21/h3-6,8-11,13H,7,12,22H2,1-2H3;2-12,24H,21H2,1H3. The van der Waals surface area contributed by atoms with Gasteiger partial charge in [-0.25, -0.2) is 9.36 Å². The number of nitrogens with zero attached hydrogens (tertiary/aromatic N) is 4. The number of aromatic hydroxyl groups is 1. The lowest BCUT2D eigenvalue weighted by Crippen LogP contribution is -2.04. The molecule has 0 atom stereocenters. The molecule has 0 aliphatic heterocycles. The Labute approximate surface area is 321 Å². The van der Waals surface area contributed by atoms with E-state index < -0.39 is 0 Å². The van der Waals surface area contributed by atoms with Gasteiger partial charge in [0, 0.05) is 26.3 Å². The van der Waals surface area contributed by atoms with Gasteiger partial charge in [-0.3, -0.25) is 0 Å². The van der Waals surface area contributed by atoms with Crippen LogP contribution in [-0.4, -0.2) is 24.7 Å². The lowest BCUT2D eigenvalue weighted by atomic mass is 9.89. The summed E-state index contributed by atoms with van der Waals surface area (Å²) < 4.78 is 13.3. The first-order valence-corrected chi connectivity index (χ1v) is 18.6. The van der Waals surface area contributed by atoms with Crippen molar-refractivity contribution in [1.82, 2.24) is 19.6 Å². The minimum Gasteiger partial charge on any atom is -0.507 e. The first-order valence-electron chi connectivity index (χ1n) is 17.1. The maximum absolute atomic E-state index is 10.2. The zero-order chi connectivity index (χ0) is 37.6. The topological polar surface area (TPSA) is 145 Å². The van der Waals surface area contributed by atoms with E-state index >= 15 is 0 Å². The third kappa shape index (κ3) is 7.99. The van der Waals surface area contributed by atoms with Crippen molar-refractivity contribution in [2.75, 3.05) is 0 Å². The Morgan fingerprint density at radius 3 is 1.87 bits per heavy atom. The van der Waals surface area contributed by atoms with Crippen LogP contribution in [0.4, 0.5) is 0 Å². The van der Waals surface area contributed by atoms with Gasteiger partial charge >= 0.3 is 0 Å². The Bertz CT molecular complexity index is 2430. The van der Waals surface area contributed by atoms with Crippen molar-refractivity contribution in [2.45, 2.75) is 43.4 Å². The second-order valence-corrected chi connectivity index (χ2v) is 14.1. The van der Waals surface area contributed by atoms with E-state index in [1.54, 1.807) is 6.07 Å². The number of benzene rings is 5. The van der Waals surface area contributed by atoms with Crippen LogP contribution in [0.15, 0.2) is 125 Å². The Kier molecular flexibility index (Phi) is 11.6. The van der Waals surface area contributed by atoms with Crippen LogP contribution >= 0.6 is 24.1 Å². The summed E-state index contributed by atoms with van der Waals surface area (Å²) >= 11 is 2.10. The Balaban J connectivity index is 0.000000167. The molecule has 0 saturated carbocycles. The molecule has 1 aliphatic rings. The second-order valence-electron chi connectivity index (χ2n) is 12.6. The van der Waals surface area contributed by atoms with Crippen molar-refractivity contribution in [1.29, 1.82) is 0 Å². The van der Waals surface area contributed by atoms with Gasteiger partial charge < -0.3 is 5.11 Å². The summed E-state index contributed by atoms with van der Waals surface area (Å²) in [4.78, 5) is 10.0. The fourth-order valence-electron chi connectivity index (χ4n) is 6.63. The molecule has 0 saturated heterocycles. The molecule has 7 aromatic rings. The largest absolute Gasteiger partial charge is 0.507 e. The fourth-order valence-corrected chi connectivity index (χ4v) is 7.36. The zero-order valence-corrected chi connectivity index (χ0v) is 31.4. The Hall–Kier alpha value is -5.22. The van der Waals surface area contributed by atoms with Crippen LogP contribution < -0.4 is 11.8 Å². The van der Waals surface area contributed by atoms with Crippen molar-refractivity contribution in [3.05, 3.63) is 149 Å². The monoisotopic (exact) mass is 758 g/mol. The maximum Gasteiger partial charge on any atom is 0.123 e. The summed E-state index contributed by atoms with van der Waals surface area (Å²) in [7, 11) is 0. The summed E-state index contributed by atoms with van der Waals surface area (Å²) in [6.45, 7) is 6.23.